The topological polar surface area (TPSA) is 23.4 Å². The molecule has 2 aliphatic heterocycles. The summed E-state index contributed by atoms with van der Waals surface area (Å²) in [7, 11) is 0. The van der Waals surface area contributed by atoms with Gasteiger partial charge in [-0.15, -0.1) is 0 Å². The van der Waals surface area contributed by atoms with Gasteiger partial charge in [-0.05, 0) is 89.0 Å². The Morgan fingerprint density at radius 2 is 0.808 bits per heavy atom. The van der Waals surface area contributed by atoms with Gasteiger partial charge in [-0.1, -0.05) is 121 Å². The van der Waals surface area contributed by atoms with E-state index in [-0.39, 0.29) is 0 Å². The van der Waals surface area contributed by atoms with Crippen LogP contribution in [0.15, 0.2) is 188 Å². The second-order valence-electron chi connectivity index (χ2n) is 13.7. The SMILES string of the molecule is c1ccc(-c2ccc3c(c2)C2(c4ccccc4Oc4ccccc42)c2cc(-c4ccc5c(c4)c4ccccc4n5-c4ccccc4)ccc2O3)cc1. The molecule has 3 nitrogen and oxygen atoms in total. The van der Waals surface area contributed by atoms with E-state index in [2.05, 4.69) is 193 Å². The molecule has 0 saturated heterocycles. The van der Waals surface area contributed by atoms with Crippen molar-refractivity contribution < 1.29 is 9.47 Å². The standard InChI is InChI=1S/C49H31NO2/c1-3-13-32(14-4-1)34-24-27-47-41(30-34)49(39-18-8-11-21-45(39)51-46-22-12-9-19-40(46)49)42-31-35(25-28-48(42)52-47)33-23-26-44-38(29-33)37-17-7-10-20-43(37)50(44)36-15-5-2-6-16-36/h1-31H. The molecule has 0 atom stereocenters. The molecule has 0 fully saturated rings. The summed E-state index contributed by atoms with van der Waals surface area (Å²) >= 11 is 0. The monoisotopic (exact) mass is 665 g/mol. The number of hydrogen-bond donors (Lipinski definition) is 0. The zero-order chi connectivity index (χ0) is 34.2. The summed E-state index contributed by atoms with van der Waals surface area (Å²) in [5.74, 6) is 3.40. The first-order chi connectivity index (χ1) is 25.8. The molecular weight excluding hydrogens is 635 g/mol. The maximum Gasteiger partial charge on any atom is 0.132 e. The van der Waals surface area contributed by atoms with Crippen LogP contribution in [0.25, 0.3) is 49.7 Å². The molecule has 0 unspecified atom stereocenters. The van der Waals surface area contributed by atoms with Crippen LogP contribution in [0, 0.1) is 0 Å². The maximum atomic E-state index is 6.85. The van der Waals surface area contributed by atoms with E-state index >= 15 is 0 Å². The molecule has 3 heterocycles. The van der Waals surface area contributed by atoms with Crippen LogP contribution in [0.5, 0.6) is 23.0 Å². The Kier molecular flexibility index (Phi) is 6.17. The highest BCUT2D eigenvalue weighted by Gasteiger charge is 2.50. The third kappa shape index (κ3) is 4.08. The van der Waals surface area contributed by atoms with E-state index in [1.165, 1.54) is 21.8 Å². The molecular formula is C49H31NO2. The third-order valence-corrected chi connectivity index (χ3v) is 10.9. The molecule has 1 aromatic heterocycles. The Morgan fingerprint density at radius 1 is 0.327 bits per heavy atom. The van der Waals surface area contributed by atoms with E-state index in [9.17, 15) is 0 Å². The normalized spacial score (nSPS) is 13.5. The molecule has 0 N–H and O–H groups in total. The molecule has 0 bridgehead atoms. The fraction of sp³-hybridized carbons (Fsp3) is 0.0204. The lowest BCUT2D eigenvalue weighted by atomic mass is 9.62. The average Bonchev–Trinajstić information content (AvgIpc) is 3.55. The van der Waals surface area contributed by atoms with Gasteiger partial charge in [0.1, 0.15) is 23.0 Å². The van der Waals surface area contributed by atoms with E-state index in [1.807, 2.05) is 0 Å². The molecule has 52 heavy (non-hydrogen) atoms. The van der Waals surface area contributed by atoms with Gasteiger partial charge < -0.3 is 14.0 Å². The Hall–Kier alpha value is -6.84. The lowest BCUT2D eigenvalue weighted by Crippen LogP contribution is -2.36. The quantitative estimate of drug-likeness (QED) is 0.187. The zero-order valence-electron chi connectivity index (χ0n) is 28.2. The molecule has 244 valence electrons. The van der Waals surface area contributed by atoms with Gasteiger partial charge in [-0.3, -0.25) is 0 Å². The first-order valence-electron chi connectivity index (χ1n) is 17.8. The smallest absolute Gasteiger partial charge is 0.132 e. The minimum absolute atomic E-state index is 0.692. The van der Waals surface area contributed by atoms with Crippen molar-refractivity contribution in [3.63, 3.8) is 0 Å². The summed E-state index contributed by atoms with van der Waals surface area (Å²) in [4.78, 5) is 0. The molecule has 0 aliphatic carbocycles. The Balaban J connectivity index is 1.18. The number of benzene rings is 8. The molecule has 3 heteroatoms. The van der Waals surface area contributed by atoms with Gasteiger partial charge >= 0.3 is 0 Å². The molecule has 1 spiro atoms. The van der Waals surface area contributed by atoms with Gasteiger partial charge in [0, 0.05) is 38.7 Å². The average molecular weight is 666 g/mol. The fourth-order valence-electron chi connectivity index (χ4n) is 8.66. The van der Waals surface area contributed by atoms with Crippen molar-refractivity contribution in [2.45, 2.75) is 5.41 Å². The highest BCUT2D eigenvalue weighted by atomic mass is 16.5. The molecule has 0 amide bonds. The molecule has 11 rings (SSSR count). The third-order valence-electron chi connectivity index (χ3n) is 10.9. The zero-order valence-corrected chi connectivity index (χ0v) is 28.2. The largest absolute Gasteiger partial charge is 0.457 e. The second-order valence-corrected chi connectivity index (χ2v) is 13.7. The van der Waals surface area contributed by atoms with E-state index < -0.39 is 5.41 Å². The Morgan fingerprint density at radius 3 is 1.48 bits per heavy atom. The summed E-state index contributed by atoms with van der Waals surface area (Å²) in [5.41, 5.74) is 11.8. The minimum atomic E-state index is -0.692. The van der Waals surface area contributed by atoms with Crippen LogP contribution < -0.4 is 9.47 Å². The number of ether oxygens (including phenoxy) is 2. The summed E-state index contributed by atoms with van der Waals surface area (Å²) in [5, 5.41) is 2.45. The number of hydrogen-bond acceptors (Lipinski definition) is 2. The molecule has 9 aromatic rings. The van der Waals surface area contributed by atoms with E-state index in [1.54, 1.807) is 0 Å². The Bertz CT molecular complexity index is 2810. The molecule has 2 aliphatic rings. The number of aromatic nitrogens is 1. The van der Waals surface area contributed by atoms with Gasteiger partial charge in [-0.25, -0.2) is 0 Å². The first kappa shape index (κ1) is 28.9. The summed E-state index contributed by atoms with van der Waals surface area (Å²) in [6, 6.07) is 67.0. The molecule has 0 saturated carbocycles. The van der Waals surface area contributed by atoms with Crippen molar-refractivity contribution >= 4 is 21.8 Å². The van der Waals surface area contributed by atoms with E-state index in [0.717, 1.165) is 73.2 Å². The van der Waals surface area contributed by atoms with Crippen LogP contribution >= 0.6 is 0 Å². The van der Waals surface area contributed by atoms with E-state index in [4.69, 9.17) is 9.47 Å². The first-order valence-corrected chi connectivity index (χ1v) is 17.8. The van der Waals surface area contributed by atoms with Crippen molar-refractivity contribution in [1.29, 1.82) is 0 Å². The second kappa shape index (κ2) is 11.1. The number of nitrogens with zero attached hydrogens (tertiary/aromatic N) is 1. The lowest BCUT2D eigenvalue weighted by Gasteiger charge is -2.45. The van der Waals surface area contributed by atoms with Gasteiger partial charge in [-0.2, -0.15) is 0 Å². The van der Waals surface area contributed by atoms with Crippen LogP contribution in [0.1, 0.15) is 22.3 Å². The van der Waals surface area contributed by atoms with Crippen LogP contribution in [0.2, 0.25) is 0 Å². The minimum Gasteiger partial charge on any atom is -0.457 e. The van der Waals surface area contributed by atoms with Crippen molar-refractivity contribution in [2.75, 3.05) is 0 Å². The van der Waals surface area contributed by atoms with Crippen molar-refractivity contribution in [3.05, 3.63) is 210 Å². The predicted molar refractivity (Wildman–Crippen MR) is 210 cm³/mol. The Labute approximate surface area is 301 Å². The van der Waals surface area contributed by atoms with Crippen LogP contribution in [0.4, 0.5) is 0 Å². The summed E-state index contributed by atoms with van der Waals surface area (Å²) in [6.45, 7) is 0. The number of fused-ring (bicyclic) bond motifs is 11. The fourth-order valence-corrected chi connectivity index (χ4v) is 8.66. The van der Waals surface area contributed by atoms with Gasteiger partial charge in [0.05, 0.1) is 16.4 Å². The van der Waals surface area contributed by atoms with Crippen LogP contribution in [0.3, 0.4) is 0 Å². The van der Waals surface area contributed by atoms with Crippen molar-refractivity contribution in [3.8, 4) is 50.9 Å². The predicted octanol–water partition coefficient (Wildman–Crippen LogP) is 12.7. The number of para-hydroxylation sites is 4. The van der Waals surface area contributed by atoms with Gasteiger partial charge in [0.15, 0.2) is 0 Å². The van der Waals surface area contributed by atoms with Crippen LogP contribution in [-0.4, -0.2) is 4.57 Å². The van der Waals surface area contributed by atoms with Crippen molar-refractivity contribution in [2.24, 2.45) is 0 Å². The highest BCUT2D eigenvalue weighted by molar-refractivity contribution is 6.10. The lowest BCUT2D eigenvalue weighted by molar-refractivity contribution is 0.399. The highest BCUT2D eigenvalue weighted by Crippen LogP contribution is 2.62. The van der Waals surface area contributed by atoms with Gasteiger partial charge in [0.2, 0.25) is 0 Å². The maximum absolute atomic E-state index is 6.85. The number of rotatable bonds is 3. The summed E-state index contributed by atoms with van der Waals surface area (Å²) < 4.78 is 15.9. The van der Waals surface area contributed by atoms with E-state index in [0.29, 0.717) is 0 Å². The van der Waals surface area contributed by atoms with Gasteiger partial charge in [0.25, 0.3) is 0 Å². The summed E-state index contributed by atoms with van der Waals surface area (Å²) in [6.07, 6.45) is 0. The molecule has 0 radical (unpaired) electrons. The molecule has 8 aromatic carbocycles. The van der Waals surface area contributed by atoms with Crippen LogP contribution in [-0.2, 0) is 5.41 Å². The van der Waals surface area contributed by atoms with Crippen molar-refractivity contribution in [1.82, 2.24) is 4.57 Å².